The smallest absolute Gasteiger partial charge is 0.294 e. The molecule has 0 radical (unpaired) electrons. The molecule has 1 atom stereocenters. The molecule has 1 aromatic heterocycles. The van der Waals surface area contributed by atoms with Crippen molar-refractivity contribution in [1.29, 1.82) is 0 Å². The third-order valence-electron chi connectivity index (χ3n) is 7.31. The van der Waals surface area contributed by atoms with E-state index in [2.05, 4.69) is 34.5 Å². The van der Waals surface area contributed by atoms with Gasteiger partial charge in [-0.1, -0.05) is 25.8 Å². The van der Waals surface area contributed by atoms with Crippen LogP contribution in [0.2, 0.25) is 0 Å². The van der Waals surface area contributed by atoms with Crippen molar-refractivity contribution in [3.63, 3.8) is 0 Å². The molecule has 4 N–H and O–H groups in total. The fourth-order valence-electron chi connectivity index (χ4n) is 4.93. The molecule has 19 heteroatoms. The number of aliphatic imine (C=N–C) groups is 1. The van der Waals surface area contributed by atoms with Gasteiger partial charge in [0.1, 0.15) is 5.71 Å². The lowest BCUT2D eigenvalue weighted by Gasteiger charge is -2.24. The second-order valence-corrected chi connectivity index (χ2v) is 16.2. The highest BCUT2D eigenvalue weighted by molar-refractivity contribution is 7.94. The minimum Gasteiger partial charge on any atom is -0.370 e. The van der Waals surface area contributed by atoms with Gasteiger partial charge in [0.25, 0.3) is 10.1 Å². The molecule has 3 aromatic rings. The number of likely N-dealkylation sites (N-methyl/N-ethyl adjacent to an activating group) is 1. The third kappa shape index (κ3) is 9.45. The van der Waals surface area contributed by atoms with Crippen LogP contribution in [0, 0.1) is 12.3 Å². The summed E-state index contributed by atoms with van der Waals surface area (Å²) in [5, 5.41) is 29.1. The lowest BCUT2D eigenvalue weighted by Crippen LogP contribution is -2.34. The normalized spacial score (nSPS) is 15.1. The van der Waals surface area contributed by atoms with Crippen molar-refractivity contribution in [2.24, 2.45) is 15.5 Å². The molecular formula is C29H40N8O8S3. The van der Waals surface area contributed by atoms with Gasteiger partial charge in [-0.05, 0) is 68.3 Å². The lowest BCUT2D eigenvalue weighted by atomic mass is 9.87. The number of hydrogen-bond donors (Lipinski definition) is 4. The molecule has 0 aliphatic carbocycles. The summed E-state index contributed by atoms with van der Waals surface area (Å²) in [5.41, 5.74) is 3.99. The standard InChI is InChI=1S/C29H40N8O8S3/c1-8-36(12-11-31-47(7,39)40)21-9-10-24(18(2)13-21)32-25-26(29(4,5)6)35-37-27(33-34-28(25)37)19(3)30-17-20-14-22(46-45-44-38)16-23(15-20)48(41,42)43/h9-10,13-16,19,30-31,38H,8,11-12,17H2,1-7H3,(H,41,42,43). The summed E-state index contributed by atoms with van der Waals surface area (Å²) in [4.78, 5) is 7.00. The number of nitrogens with zero attached hydrogens (tertiary/aromatic N) is 6. The molecule has 1 unspecified atom stereocenters. The van der Waals surface area contributed by atoms with Gasteiger partial charge in [-0.15, -0.1) is 14.5 Å². The van der Waals surface area contributed by atoms with E-state index in [1.807, 2.05) is 59.7 Å². The van der Waals surface area contributed by atoms with Crippen LogP contribution in [0.4, 0.5) is 11.4 Å². The zero-order valence-electron chi connectivity index (χ0n) is 27.6. The monoisotopic (exact) mass is 724 g/mol. The number of nitrogens with one attached hydrogen (secondary N) is 2. The first-order valence-electron chi connectivity index (χ1n) is 14.8. The van der Waals surface area contributed by atoms with Crippen LogP contribution >= 0.6 is 12.0 Å². The van der Waals surface area contributed by atoms with Gasteiger partial charge in [-0.2, -0.15) is 18.2 Å². The maximum atomic E-state index is 11.8. The van der Waals surface area contributed by atoms with Crippen LogP contribution in [0.1, 0.15) is 63.4 Å². The molecule has 0 spiro atoms. The number of anilines is 1. The van der Waals surface area contributed by atoms with Crippen LogP contribution in [0.3, 0.4) is 0 Å². The Morgan fingerprint density at radius 3 is 2.46 bits per heavy atom. The average Bonchev–Trinajstić information content (AvgIpc) is 3.57. The summed E-state index contributed by atoms with van der Waals surface area (Å²) >= 11 is 0.566. The summed E-state index contributed by atoms with van der Waals surface area (Å²) in [6.45, 7) is 13.6. The first-order chi connectivity index (χ1) is 22.4. The molecule has 1 aliphatic rings. The molecule has 2 aromatic carbocycles. The topological polar surface area (TPSA) is 210 Å². The van der Waals surface area contributed by atoms with Gasteiger partial charge >= 0.3 is 0 Å². The Kier molecular flexibility index (Phi) is 11.8. The van der Waals surface area contributed by atoms with Crippen LogP contribution in [0.15, 0.2) is 56.3 Å². The summed E-state index contributed by atoms with van der Waals surface area (Å²) in [7, 11) is -7.80. The van der Waals surface area contributed by atoms with Crippen LogP contribution in [0.5, 0.6) is 0 Å². The zero-order valence-corrected chi connectivity index (χ0v) is 30.1. The number of aromatic nitrogens is 3. The molecule has 4 rings (SSSR count). The Morgan fingerprint density at radius 2 is 1.85 bits per heavy atom. The zero-order chi connectivity index (χ0) is 35.4. The van der Waals surface area contributed by atoms with Gasteiger partial charge in [0.2, 0.25) is 15.8 Å². The largest absolute Gasteiger partial charge is 0.370 e. The highest BCUT2D eigenvalue weighted by Crippen LogP contribution is 2.31. The van der Waals surface area contributed by atoms with Crippen molar-refractivity contribution in [1.82, 2.24) is 24.9 Å². The van der Waals surface area contributed by atoms with E-state index in [0.717, 1.165) is 28.9 Å². The van der Waals surface area contributed by atoms with Gasteiger partial charge in [-0.25, -0.2) is 23.4 Å². The molecule has 0 fully saturated rings. The molecule has 16 nitrogen and oxygen atoms in total. The average molecular weight is 725 g/mol. The summed E-state index contributed by atoms with van der Waals surface area (Å²) in [5.74, 6) is 0.977. The van der Waals surface area contributed by atoms with E-state index < -0.39 is 31.6 Å². The second kappa shape index (κ2) is 15.1. The fourth-order valence-corrected chi connectivity index (χ4v) is 6.53. The van der Waals surface area contributed by atoms with Crippen molar-refractivity contribution in [2.75, 3.05) is 30.8 Å². The number of aryl methyl sites for hydroxylation is 1. The minimum absolute atomic E-state index is 0.168. The van der Waals surface area contributed by atoms with E-state index in [-0.39, 0.29) is 16.3 Å². The highest BCUT2D eigenvalue weighted by Gasteiger charge is 2.36. The molecule has 262 valence electrons. The van der Waals surface area contributed by atoms with Gasteiger partial charge in [-0.3, -0.25) is 4.55 Å². The van der Waals surface area contributed by atoms with Crippen molar-refractivity contribution in [3.05, 3.63) is 59.2 Å². The van der Waals surface area contributed by atoms with Crippen molar-refractivity contribution in [2.45, 2.75) is 63.9 Å². The summed E-state index contributed by atoms with van der Waals surface area (Å²) in [6, 6.07) is 9.57. The van der Waals surface area contributed by atoms with Crippen LogP contribution in [-0.4, -0.2) is 78.8 Å². The third-order valence-corrected chi connectivity index (χ3v) is 9.43. The van der Waals surface area contributed by atoms with Crippen LogP contribution in [-0.2, 0) is 36.1 Å². The van der Waals surface area contributed by atoms with Gasteiger partial charge in [0.05, 0.1) is 40.6 Å². The van der Waals surface area contributed by atoms with Gasteiger partial charge in [0.15, 0.2) is 5.82 Å². The number of rotatable bonds is 15. The second-order valence-electron chi connectivity index (χ2n) is 12.2. The maximum Gasteiger partial charge on any atom is 0.294 e. The molecular weight excluding hydrogens is 685 g/mol. The maximum absolute atomic E-state index is 11.8. The van der Waals surface area contributed by atoms with Gasteiger partial charge < -0.3 is 10.2 Å². The Labute approximate surface area is 284 Å². The van der Waals surface area contributed by atoms with E-state index in [1.54, 1.807) is 10.7 Å². The van der Waals surface area contributed by atoms with Crippen molar-refractivity contribution >= 4 is 55.0 Å². The minimum atomic E-state index is -4.52. The molecule has 0 bridgehead atoms. The molecule has 48 heavy (non-hydrogen) atoms. The fraction of sp³-hybridized carbons (Fsp3) is 0.448. The molecule has 0 amide bonds. The number of fused-ring (bicyclic) bond motifs is 1. The first kappa shape index (κ1) is 37.5. The van der Waals surface area contributed by atoms with Crippen LogP contribution < -0.4 is 14.9 Å². The predicted molar refractivity (Wildman–Crippen MR) is 183 cm³/mol. The molecule has 0 saturated carbocycles. The van der Waals surface area contributed by atoms with E-state index in [9.17, 15) is 21.4 Å². The Bertz CT molecular complexity index is 1920. The predicted octanol–water partition coefficient (Wildman–Crippen LogP) is 3.87. The van der Waals surface area contributed by atoms with E-state index in [4.69, 9.17) is 15.4 Å². The first-order valence-corrected chi connectivity index (χ1v) is 18.9. The molecule has 1 aliphatic heterocycles. The molecule has 0 saturated heterocycles. The van der Waals surface area contributed by atoms with Crippen LogP contribution in [0.25, 0.3) is 0 Å². The van der Waals surface area contributed by atoms with E-state index >= 15 is 0 Å². The number of hydrogen-bond acceptors (Lipinski definition) is 14. The Hall–Kier alpha value is -3.27. The number of benzene rings is 2. The Balaban J connectivity index is 1.60. The molecule has 2 heterocycles. The summed E-state index contributed by atoms with van der Waals surface area (Å²) < 4.78 is 64.8. The SMILES string of the molecule is CCN(CCNS(C)(=O)=O)c1ccc(N=C2C(C(C)(C)C)=Nn3c2nnc3C(C)NCc2cc(SOOO)cc(S(=O)(=O)O)c2)c(C)c1. The quantitative estimate of drug-likeness (QED) is 0.0760. The highest BCUT2D eigenvalue weighted by atomic mass is 32.2. The number of sulfonamides is 1. The van der Waals surface area contributed by atoms with E-state index in [0.29, 0.717) is 54.6 Å². The van der Waals surface area contributed by atoms with Crippen molar-refractivity contribution < 1.29 is 36.0 Å². The van der Waals surface area contributed by atoms with Crippen molar-refractivity contribution in [3.8, 4) is 0 Å². The lowest BCUT2D eigenvalue weighted by molar-refractivity contribution is -0.432. The van der Waals surface area contributed by atoms with Gasteiger partial charge in [0, 0.05) is 42.2 Å². The van der Waals surface area contributed by atoms with E-state index in [1.165, 1.54) is 12.1 Å². The summed E-state index contributed by atoms with van der Waals surface area (Å²) in [6.07, 6.45) is 1.14. The Morgan fingerprint density at radius 1 is 1.12 bits per heavy atom.